The average Bonchev–Trinajstić information content (AvgIpc) is 2.35. The van der Waals surface area contributed by atoms with E-state index >= 15 is 0 Å². The standard InChI is InChI=1S/C17H28N2O/c1-12(2)19-11-15-10-16(5-6-18-15)20-17-8-13(3)7-14(4)9-17/h5-6,10,12-14,17,19H,7-9,11H2,1-4H3. The van der Waals surface area contributed by atoms with Crippen LogP contribution in [0.4, 0.5) is 0 Å². The highest BCUT2D eigenvalue weighted by molar-refractivity contribution is 5.23. The van der Waals surface area contributed by atoms with Gasteiger partial charge in [0.25, 0.3) is 0 Å². The second-order valence-electron chi connectivity index (χ2n) is 6.68. The number of nitrogens with zero attached hydrogens (tertiary/aromatic N) is 1. The molecule has 1 heterocycles. The Bertz CT molecular complexity index is 409. The van der Waals surface area contributed by atoms with Gasteiger partial charge in [-0.1, -0.05) is 27.7 Å². The Kier molecular flexibility index (Phi) is 5.41. The number of rotatable bonds is 5. The molecule has 0 aromatic carbocycles. The van der Waals surface area contributed by atoms with E-state index in [1.807, 2.05) is 12.3 Å². The van der Waals surface area contributed by atoms with Gasteiger partial charge in [-0.25, -0.2) is 0 Å². The fourth-order valence-electron chi connectivity index (χ4n) is 3.10. The topological polar surface area (TPSA) is 34.1 Å². The van der Waals surface area contributed by atoms with Crippen LogP contribution in [0.3, 0.4) is 0 Å². The zero-order chi connectivity index (χ0) is 14.5. The number of hydrogen-bond donors (Lipinski definition) is 1. The predicted octanol–water partition coefficient (Wildman–Crippen LogP) is 3.78. The molecule has 1 saturated carbocycles. The monoisotopic (exact) mass is 276 g/mol. The lowest BCUT2D eigenvalue weighted by atomic mass is 9.82. The summed E-state index contributed by atoms with van der Waals surface area (Å²) in [6.45, 7) is 9.75. The van der Waals surface area contributed by atoms with E-state index in [0.29, 0.717) is 12.1 Å². The van der Waals surface area contributed by atoms with Crippen LogP contribution in [0.1, 0.15) is 52.7 Å². The van der Waals surface area contributed by atoms with Crippen LogP contribution in [-0.4, -0.2) is 17.1 Å². The lowest BCUT2D eigenvalue weighted by Gasteiger charge is -2.31. The number of pyridine rings is 1. The quantitative estimate of drug-likeness (QED) is 0.888. The summed E-state index contributed by atoms with van der Waals surface area (Å²) in [7, 11) is 0. The largest absolute Gasteiger partial charge is 0.490 e. The summed E-state index contributed by atoms with van der Waals surface area (Å²) < 4.78 is 6.18. The van der Waals surface area contributed by atoms with Crippen LogP contribution in [0.25, 0.3) is 0 Å². The number of ether oxygens (including phenoxy) is 1. The first kappa shape index (κ1) is 15.3. The molecule has 0 aliphatic heterocycles. The molecule has 2 rings (SSSR count). The summed E-state index contributed by atoms with van der Waals surface area (Å²) in [5.74, 6) is 2.51. The molecule has 0 spiro atoms. The van der Waals surface area contributed by atoms with Crippen molar-refractivity contribution in [1.82, 2.24) is 10.3 Å². The lowest BCUT2D eigenvalue weighted by molar-refractivity contribution is 0.101. The molecular formula is C17H28N2O. The Morgan fingerprint density at radius 1 is 1.25 bits per heavy atom. The maximum atomic E-state index is 6.18. The minimum absolute atomic E-state index is 0.363. The van der Waals surface area contributed by atoms with E-state index < -0.39 is 0 Å². The Balaban J connectivity index is 1.93. The molecule has 0 saturated heterocycles. The molecule has 20 heavy (non-hydrogen) atoms. The minimum atomic E-state index is 0.363. The van der Waals surface area contributed by atoms with Crippen LogP contribution < -0.4 is 10.1 Å². The van der Waals surface area contributed by atoms with E-state index in [1.54, 1.807) is 0 Å². The highest BCUT2D eigenvalue weighted by Gasteiger charge is 2.25. The summed E-state index contributed by atoms with van der Waals surface area (Å²) in [6, 6.07) is 4.52. The highest BCUT2D eigenvalue weighted by atomic mass is 16.5. The van der Waals surface area contributed by atoms with E-state index in [2.05, 4.69) is 44.1 Å². The number of hydrogen-bond acceptors (Lipinski definition) is 3. The van der Waals surface area contributed by atoms with Crippen molar-refractivity contribution in [2.45, 2.75) is 65.6 Å². The van der Waals surface area contributed by atoms with Gasteiger partial charge in [-0.15, -0.1) is 0 Å². The van der Waals surface area contributed by atoms with Crippen LogP contribution in [-0.2, 0) is 6.54 Å². The summed E-state index contributed by atoms with van der Waals surface area (Å²) in [5.41, 5.74) is 1.05. The minimum Gasteiger partial charge on any atom is -0.490 e. The van der Waals surface area contributed by atoms with Crippen molar-refractivity contribution in [2.24, 2.45) is 11.8 Å². The molecule has 1 N–H and O–H groups in total. The first-order valence-electron chi connectivity index (χ1n) is 7.88. The van der Waals surface area contributed by atoms with E-state index in [1.165, 1.54) is 19.3 Å². The second kappa shape index (κ2) is 7.07. The van der Waals surface area contributed by atoms with Gasteiger partial charge in [0.15, 0.2) is 0 Å². The van der Waals surface area contributed by atoms with Crippen LogP contribution in [0.15, 0.2) is 18.3 Å². The van der Waals surface area contributed by atoms with Gasteiger partial charge in [-0.05, 0) is 37.2 Å². The van der Waals surface area contributed by atoms with Crippen molar-refractivity contribution in [3.63, 3.8) is 0 Å². The third kappa shape index (κ3) is 4.78. The number of aromatic nitrogens is 1. The first-order valence-corrected chi connectivity index (χ1v) is 7.88. The van der Waals surface area contributed by atoms with Gasteiger partial charge in [0, 0.05) is 24.8 Å². The second-order valence-corrected chi connectivity index (χ2v) is 6.68. The van der Waals surface area contributed by atoms with Gasteiger partial charge in [-0.2, -0.15) is 0 Å². The van der Waals surface area contributed by atoms with Crippen molar-refractivity contribution >= 4 is 0 Å². The molecule has 1 aliphatic carbocycles. The normalized spacial score (nSPS) is 26.8. The third-order valence-electron chi connectivity index (χ3n) is 3.92. The van der Waals surface area contributed by atoms with Gasteiger partial charge in [-0.3, -0.25) is 4.98 Å². The zero-order valence-electron chi connectivity index (χ0n) is 13.2. The fraction of sp³-hybridized carbons (Fsp3) is 0.706. The molecule has 1 fully saturated rings. The summed E-state index contributed by atoms with van der Waals surface area (Å²) in [6.07, 6.45) is 5.89. The molecular weight excluding hydrogens is 248 g/mol. The molecule has 3 heteroatoms. The average molecular weight is 276 g/mol. The Labute approximate surface area is 123 Å². The Hall–Kier alpha value is -1.09. The van der Waals surface area contributed by atoms with E-state index in [-0.39, 0.29) is 0 Å². The summed E-state index contributed by atoms with van der Waals surface area (Å²) >= 11 is 0. The van der Waals surface area contributed by atoms with Gasteiger partial charge in [0.05, 0.1) is 11.8 Å². The molecule has 1 aromatic rings. The smallest absolute Gasteiger partial charge is 0.123 e. The van der Waals surface area contributed by atoms with Crippen molar-refractivity contribution in [2.75, 3.05) is 0 Å². The van der Waals surface area contributed by atoms with Crippen LogP contribution in [0.5, 0.6) is 5.75 Å². The maximum absolute atomic E-state index is 6.18. The molecule has 0 amide bonds. The molecule has 2 unspecified atom stereocenters. The summed E-state index contributed by atoms with van der Waals surface area (Å²) in [4.78, 5) is 4.39. The van der Waals surface area contributed by atoms with Gasteiger partial charge < -0.3 is 10.1 Å². The van der Waals surface area contributed by atoms with Crippen molar-refractivity contribution in [1.29, 1.82) is 0 Å². The van der Waals surface area contributed by atoms with Crippen LogP contribution >= 0.6 is 0 Å². The van der Waals surface area contributed by atoms with E-state index in [9.17, 15) is 0 Å². The molecule has 0 bridgehead atoms. The van der Waals surface area contributed by atoms with Crippen LogP contribution in [0.2, 0.25) is 0 Å². The maximum Gasteiger partial charge on any atom is 0.123 e. The predicted molar refractivity (Wildman–Crippen MR) is 82.8 cm³/mol. The van der Waals surface area contributed by atoms with Gasteiger partial charge in [0.1, 0.15) is 5.75 Å². The number of nitrogens with one attached hydrogen (secondary N) is 1. The van der Waals surface area contributed by atoms with Crippen molar-refractivity contribution < 1.29 is 4.74 Å². The van der Waals surface area contributed by atoms with Gasteiger partial charge in [0.2, 0.25) is 0 Å². The van der Waals surface area contributed by atoms with E-state index in [4.69, 9.17) is 4.74 Å². The van der Waals surface area contributed by atoms with Gasteiger partial charge >= 0.3 is 0 Å². The fourth-order valence-corrected chi connectivity index (χ4v) is 3.10. The zero-order valence-corrected chi connectivity index (χ0v) is 13.2. The van der Waals surface area contributed by atoms with Crippen molar-refractivity contribution in [3.8, 4) is 5.75 Å². The van der Waals surface area contributed by atoms with Crippen LogP contribution in [0, 0.1) is 11.8 Å². The molecule has 2 atom stereocenters. The molecule has 3 nitrogen and oxygen atoms in total. The molecule has 1 aliphatic rings. The summed E-state index contributed by atoms with van der Waals surface area (Å²) in [5, 5.41) is 3.39. The molecule has 1 aromatic heterocycles. The highest BCUT2D eigenvalue weighted by Crippen LogP contribution is 2.31. The van der Waals surface area contributed by atoms with Crippen molar-refractivity contribution in [3.05, 3.63) is 24.0 Å². The first-order chi connectivity index (χ1) is 9.52. The van der Waals surface area contributed by atoms with E-state index in [0.717, 1.165) is 29.8 Å². The molecule has 112 valence electrons. The Morgan fingerprint density at radius 3 is 2.60 bits per heavy atom. The third-order valence-corrected chi connectivity index (χ3v) is 3.92. The SMILES string of the molecule is CC1CC(C)CC(Oc2ccnc(CNC(C)C)c2)C1. The lowest BCUT2D eigenvalue weighted by Crippen LogP contribution is -2.28. The molecule has 0 radical (unpaired) electrons. The Morgan fingerprint density at radius 2 is 1.95 bits per heavy atom.